The van der Waals surface area contributed by atoms with E-state index in [-0.39, 0.29) is 0 Å². The van der Waals surface area contributed by atoms with Crippen molar-refractivity contribution in [3.8, 4) is 0 Å². The summed E-state index contributed by atoms with van der Waals surface area (Å²) in [4.78, 5) is 0. The first-order chi connectivity index (χ1) is 14.4. The Morgan fingerprint density at radius 2 is 1.80 bits per heavy atom. The third kappa shape index (κ3) is 5.66. The molecule has 0 atom stereocenters. The standard InChI is InChI=1S/C30H35/c1-23(16-18-27-20-19-26-14-7-6-8-15-28(26)27)11-9-12-24(2)17-21-29-25(3)13-10-22-30(29,4)5/h6-9,11-12,14-21H,10,13,22H2,1-5H3/q+1/b11-9+,21-17+,23-16+,24-12+,27-18-. The van der Waals surface area contributed by atoms with Crippen LogP contribution in [0, 0.1) is 5.41 Å². The number of allylic oxidation sites excluding steroid dienone is 13. The van der Waals surface area contributed by atoms with Crippen LogP contribution in [0.5, 0.6) is 0 Å². The SMILES string of the molecule is CC1=C(/C=C/C(C)=C/C=C/C(C)=C/C=C2/C=Cc3ccccc[c+]32)C(C)(C)CCC1. The first-order valence-corrected chi connectivity index (χ1v) is 11.1. The van der Waals surface area contributed by atoms with Gasteiger partial charge in [0.05, 0.1) is 16.7 Å². The Balaban J connectivity index is 1.66. The topological polar surface area (TPSA) is 0 Å². The Kier molecular flexibility index (Phi) is 7.21. The molecule has 0 N–H and O–H groups in total. The van der Waals surface area contributed by atoms with Crippen LogP contribution in [-0.4, -0.2) is 0 Å². The van der Waals surface area contributed by atoms with Crippen molar-refractivity contribution < 1.29 is 0 Å². The van der Waals surface area contributed by atoms with E-state index in [1.54, 1.807) is 5.57 Å². The van der Waals surface area contributed by atoms with E-state index in [0.717, 1.165) is 0 Å². The van der Waals surface area contributed by atoms with E-state index >= 15 is 0 Å². The Hall–Kier alpha value is -2.73. The van der Waals surface area contributed by atoms with E-state index in [0.29, 0.717) is 5.41 Å². The maximum atomic E-state index is 2.37. The third-order valence-corrected chi connectivity index (χ3v) is 6.12. The molecule has 1 aromatic carbocycles. The van der Waals surface area contributed by atoms with Gasteiger partial charge in [-0.2, -0.15) is 0 Å². The smallest absolute Gasteiger partial charge is 0.0696 e. The predicted octanol–water partition coefficient (Wildman–Crippen LogP) is 8.91. The molecular weight excluding hydrogens is 360 g/mol. The Morgan fingerprint density at radius 1 is 1.00 bits per heavy atom. The number of hydrogen-bond donors (Lipinski definition) is 0. The van der Waals surface area contributed by atoms with Gasteiger partial charge in [0.25, 0.3) is 0 Å². The van der Waals surface area contributed by atoms with Gasteiger partial charge < -0.3 is 0 Å². The zero-order valence-electron chi connectivity index (χ0n) is 19.2. The second-order valence-electron chi connectivity index (χ2n) is 9.18. The van der Waals surface area contributed by atoms with Crippen molar-refractivity contribution in [2.24, 2.45) is 5.41 Å². The van der Waals surface area contributed by atoms with Crippen LogP contribution in [0.2, 0.25) is 0 Å². The van der Waals surface area contributed by atoms with E-state index in [9.17, 15) is 0 Å². The summed E-state index contributed by atoms with van der Waals surface area (Å²) in [5, 5.41) is 0. The maximum Gasteiger partial charge on any atom is 0.0709 e. The van der Waals surface area contributed by atoms with Crippen LogP contribution >= 0.6 is 0 Å². The van der Waals surface area contributed by atoms with Gasteiger partial charge in [-0.3, -0.25) is 0 Å². The molecule has 2 aliphatic carbocycles. The molecule has 0 heterocycles. The lowest BCUT2D eigenvalue weighted by atomic mass is 9.72. The first-order valence-electron chi connectivity index (χ1n) is 11.1. The fraction of sp³-hybridized carbons (Fsp3) is 0.300. The zero-order chi connectivity index (χ0) is 21.6. The zero-order valence-corrected chi connectivity index (χ0v) is 19.2. The van der Waals surface area contributed by atoms with Crippen molar-refractivity contribution in [1.82, 2.24) is 0 Å². The van der Waals surface area contributed by atoms with E-state index < -0.39 is 0 Å². The molecule has 0 nitrogen and oxygen atoms in total. The van der Waals surface area contributed by atoms with Crippen LogP contribution in [0.3, 0.4) is 0 Å². The molecule has 3 rings (SSSR count). The van der Waals surface area contributed by atoms with E-state index in [2.05, 4.69) is 120 Å². The normalized spacial score (nSPS) is 20.6. The van der Waals surface area contributed by atoms with Gasteiger partial charge in [-0.1, -0.05) is 55.4 Å². The Labute approximate surface area is 183 Å². The summed E-state index contributed by atoms with van der Waals surface area (Å²) < 4.78 is 0. The van der Waals surface area contributed by atoms with Crippen molar-refractivity contribution in [3.05, 3.63) is 112 Å². The van der Waals surface area contributed by atoms with Gasteiger partial charge in [-0.15, -0.1) is 0 Å². The molecule has 0 radical (unpaired) electrons. The summed E-state index contributed by atoms with van der Waals surface area (Å²) in [7, 11) is 0. The van der Waals surface area contributed by atoms with Crippen molar-refractivity contribution in [3.63, 3.8) is 0 Å². The summed E-state index contributed by atoms with van der Waals surface area (Å²) in [6.45, 7) is 11.4. The molecule has 0 fully saturated rings. The molecule has 1 aromatic rings. The van der Waals surface area contributed by atoms with Crippen LogP contribution in [0.1, 0.15) is 65.0 Å². The van der Waals surface area contributed by atoms with Gasteiger partial charge in [-0.05, 0) is 93.0 Å². The summed E-state index contributed by atoms with van der Waals surface area (Å²) in [5.74, 6) is 0. The number of fused-ring (bicyclic) bond motifs is 1. The monoisotopic (exact) mass is 395 g/mol. The van der Waals surface area contributed by atoms with Gasteiger partial charge >= 0.3 is 0 Å². The minimum Gasteiger partial charge on any atom is -0.0696 e. The molecular formula is C30H35+. The summed E-state index contributed by atoms with van der Waals surface area (Å²) in [6.07, 6.45) is 23.7. The third-order valence-electron chi connectivity index (χ3n) is 6.12. The van der Waals surface area contributed by atoms with Crippen LogP contribution in [0.25, 0.3) is 11.6 Å². The van der Waals surface area contributed by atoms with Crippen LogP contribution in [0.15, 0.2) is 101 Å². The van der Waals surface area contributed by atoms with Crippen LogP contribution < -0.4 is 0 Å². The fourth-order valence-corrected chi connectivity index (χ4v) is 4.29. The second-order valence-corrected chi connectivity index (χ2v) is 9.18. The highest BCUT2D eigenvalue weighted by molar-refractivity contribution is 5.90. The average Bonchev–Trinajstić information content (AvgIpc) is 2.91. The van der Waals surface area contributed by atoms with E-state index in [1.165, 1.54) is 52.7 Å². The van der Waals surface area contributed by atoms with Gasteiger partial charge in [0, 0.05) is 18.2 Å². The van der Waals surface area contributed by atoms with Crippen molar-refractivity contribution in [1.29, 1.82) is 0 Å². The average molecular weight is 396 g/mol. The molecule has 30 heavy (non-hydrogen) atoms. The minimum atomic E-state index is 0.298. The maximum absolute atomic E-state index is 2.37. The Bertz CT molecular complexity index is 1000. The number of hydrogen-bond acceptors (Lipinski definition) is 0. The molecule has 0 aliphatic heterocycles. The van der Waals surface area contributed by atoms with Crippen LogP contribution in [-0.2, 0) is 0 Å². The van der Waals surface area contributed by atoms with E-state index in [4.69, 9.17) is 0 Å². The molecule has 2 aliphatic rings. The lowest BCUT2D eigenvalue weighted by Crippen LogP contribution is -2.19. The summed E-state index contributed by atoms with van der Waals surface area (Å²) in [5.41, 5.74) is 9.73. The first kappa shape index (κ1) is 22.0. The van der Waals surface area contributed by atoms with Crippen molar-refractivity contribution in [2.75, 3.05) is 0 Å². The highest BCUT2D eigenvalue weighted by Crippen LogP contribution is 2.40. The van der Waals surface area contributed by atoms with Crippen LogP contribution in [0.4, 0.5) is 0 Å². The van der Waals surface area contributed by atoms with Crippen molar-refractivity contribution in [2.45, 2.75) is 53.9 Å². The van der Waals surface area contributed by atoms with Gasteiger partial charge in [0.15, 0.2) is 0 Å². The molecule has 0 heteroatoms. The highest BCUT2D eigenvalue weighted by Gasteiger charge is 2.26. The molecule has 0 aromatic heterocycles. The van der Waals surface area contributed by atoms with Gasteiger partial charge in [-0.25, -0.2) is 0 Å². The molecule has 0 bridgehead atoms. The lowest BCUT2D eigenvalue weighted by molar-refractivity contribution is 0.377. The highest BCUT2D eigenvalue weighted by atomic mass is 14.3. The quantitative estimate of drug-likeness (QED) is 0.345. The fourth-order valence-electron chi connectivity index (χ4n) is 4.29. The molecule has 154 valence electrons. The lowest BCUT2D eigenvalue weighted by Gasteiger charge is -2.32. The largest absolute Gasteiger partial charge is 0.0709 e. The molecule has 0 amide bonds. The van der Waals surface area contributed by atoms with Gasteiger partial charge in [0.1, 0.15) is 0 Å². The molecule has 0 spiro atoms. The van der Waals surface area contributed by atoms with Crippen molar-refractivity contribution >= 4 is 11.6 Å². The van der Waals surface area contributed by atoms with Gasteiger partial charge in [0.2, 0.25) is 0 Å². The molecule has 0 saturated carbocycles. The molecule has 0 saturated heterocycles. The Morgan fingerprint density at radius 3 is 2.60 bits per heavy atom. The second kappa shape index (κ2) is 9.85. The minimum absolute atomic E-state index is 0.298. The summed E-state index contributed by atoms with van der Waals surface area (Å²) >= 11 is 0. The van der Waals surface area contributed by atoms with E-state index in [1.807, 2.05) is 0 Å². The molecule has 0 unspecified atom stereocenters. The number of rotatable bonds is 5. The predicted molar refractivity (Wildman–Crippen MR) is 134 cm³/mol. The summed E-state index contributed by atoms with van der Waals surface area (Å²) in [6, 6.07) is 10.6.